The van der Waals surface area contributed by atoms with Crippen LogP contribution in [0, 0.1) is 0 Å². The first-order valence-corrected chi connectivity index (χ1v) is 8.36. The van der Waals surface area contributed by atoms with E-state index in [1.807, 2.05) is 6.07 Å². The number of amides is 1. The number of anilines is 1. The molecule has 108 valence electrons. The van der Waals surface area contributed by atoms with Crippen molar-refractivity contribution < 1.29 is 9.59 Å². The normalized spacial score (nSPS) is 13.4. The summed E-state index contributed by atoms with van der Waals surface area (Å²) in [6.45, 7) is 2.21. The Morgan fingerprint density at radius 2 is 2.10 bits per heavy atom. The highest BCUT2D eigenvalue weighted by atomic mass is 79.9. The topological polar surface area (TPSA) is 37.4 Å². The zero-order valence-corrected chi connectivity index (χ0v) is 14.3. The molecule has 0 saturated carbocycles. The van der Waals surface area contributed by atoms with Gasteiger partial charge < -0.3 is 4.90 Å². The molecule has 0 radical (unpaired) electrons. The Hall–Kier alpha value is -1.17. The van der Waals surface area contributed by atoms with Gasteiger partial charge in [0.1, 0.15) is 0 Å². The van der Waals surface area contributed by atoms with E-state index < -0.39 is 0 Å². The Labute approximate surface area is 139 Å². The van der Waals surface area contributed by atoms with Crippen LogP contribution in [0.25, 0.3) is 0 Å². The van der Waals surface area contributed by atoms with Crippen molar-refractivity contribution in [3.05, 3.63) is 49.1 Å². The van der Waals surface area contributed by atoms with Crippen LogP contribution >= 0.6 is 38.9 Å². The van der Waals surface area contributed by atoms with Crippen molar-refractivity contribution in [2.75, 3.05) is 11.4 Å². The van der Waals surface area contributed by atoms with Gasteiger partial charge in [-0.25, -0.2) is 0 Å². The van der Waals surface area contributed by atoms with Crippen LogP contribution in [0.3, 0.4) is 0 Å². The van der Waals surface area contributed by atoms with Crippen LogP contribution in [0.1, 0.15) is 27.7 Å². The molecule has 21 heavy (non-hydrogen) atoms. The van der Waals surface area contributed by atoms with Crippen LogP contribution in [0.5, 0.6) is 0 Å². The van der Waals surface area contributed by atoms with Gasteiger partial charge >= 0.3 is 0 Å². The van der Waals surface area contributed by atoms with Crippen molar-refractivity contribution >= 4 is 56.2 Å². The average molecular weight is 385 g/mol. The summed E-state index contributed by atoms with van der Waals surface area (Å²) in [7, 11) is 0. The fourth-order valence-electron chi connectivity index (χ4n) is 2.48. The van der Waals surface area contributed by atoms with Gasteiger partial charge in [-0.1, -0.05) is 27.5 Å². The maximum absolute atomic E-state index is 12.6. The van der Waals surface area contributed by atoms with Crippen molar-refractivity contribution in [1.29, 1.82) is 0 Å². The molecule has 1 aliphatic heterocycles. The number of nitrogens with zero attached hydrogens (tertiary/aromatic N) is 1. The van der Waals surface area contributed by atoms with E-state index in [-0.39, 0.29) is 11.7 Å². The molecule has 0 aliphatic carbocycles. The molecule has 3 rings (SSSR count). The molecule has 0 unspecified atom stereocenters. The summed E-state index contributed by atoms with van der Waals surface area (Å²) >= 11 is 10.6. The zero-order valence-electron chi connectivity index (χ0n) is 11.2. The molecule has 0 saturated heterocycles. The predicted molar refractivity (Wildman–Crippen MR) is 88.6 cm³/mol. The second-order valence-electron chi connectivity index (χ2n) is 4.81. The first kappa shape index (κ1) is 14.8. The quantitative estimate of drug-likeness (QED) is 0.724. The second kappa shape index (κ2) is 5.55. The minimum absolute atomic E-state index is 0.00589. The number of carbonyl (C=O) groups is 2. The minimum atomic E-state index is -0.0861. The minimum Gasteiger partial charge on any atom is -0.312 e. The molecule has 1 aromatic heterocycles. The number of halogens is 2. The lowest BCUT2D eigenvalue weighted by Gasteiger charge is -2.16. The van der Waals surface area contributed by atoms with Crippen molar-refractivity contribution in [3.63, 3.8) is 0 Å². The van der Waals surface area contributed by atoms with E-state index >= 15 is 0 Å². The summed E-state index contributed by atoms with van der Waals surface area (Å²) in [5.41, 5.74) is 2.47. The van der Waals surface area contributed by atoms with E-state index in [0.717, 1.165) is 22.1 Å². The van der Waals surface area contributed by atoms with E-state index in [4.69, 9.17) is 11.6 Å². The van der Waals surface area contributed by atoms with Gasteiger partial charge in [-0.3, -0.25) is 9.59 Å². The van der Waals surface area contributed by atoms with E-state index in [1.54, 1.807) is 23.1 Å². The van der Waals surface area contributed by atoms with Crippen molar-refractivity contribution in [1.82, 2.24) is 0 Å². The van der Waals surface area contributed by atoms with Crippen LogP contribution in [0.2, 0.25) is 4.34 Å². The van der Waals surface area contributed by atoms with Crippen LogP contribution in [-0.2, 0) is 11.2 Å². The summed E-state index contributed by atoms with van der Waals surface area (Å²) in [6, 6.07) is 7.16. The highest BCUT2D eigenvalue weighted by molar-refractivity contribution is 9.10. The molecule has 2 aromatic rings. The lowest BCUT2D eigenvalue weighted by atomic mass is 10.0. The lowest BCUT2D eigenvalue weighted by molar-refractivity contribution is -0.116. The predicted octanol–water partition coefficient (Wildman–Crippen LogP) is 4.30. The molecule has 3 nitrogen and oxygen atoms in total. The Morgan fingerprint density at radius 3 is 2.71 bits per heavy atom. The summed E-state index contributed by atoms with van der Waals surface area (Å²) < 4.78 is 1.34. The van der Waals surface area contributed by atoms with E-state index in [1.165, 1.54) is 18.3 Å². The third-order valence-corrected chi connectivity index (χ3v) is 5.37. The van der Waals surface area contributed by atoms with Gasteiger partial charge in [-0.2, -0.15) is 0 Å². The highest BCUT2D eigenvalue weighted by Gasteiger charge is 2.25. The average Bonchev–Trinajstić information content (AvgIpc) is 3.02. The van der Waals surface area contributed by atoms with Crippen LogP contribution in [-0.4, -0.2) is 18.2 Å². The molecule has 0 bridgehead atoms. The highest BCUT2D eigenvalue weighted by Crippen LogP contribution is 2.35. The van der Waals surface area contributed by atoms with Crippen LogP contribution in [0.15, 0.2) is 28.7 Å². The first-order chi connectivity index (χ1) is 9.97. The number of hydrogen-bond donors (Lipinski definition) is 0. The summed E-state index contributed by atoms with van der Waals surface area (Å²) in [5, 5.41) is 0. The van der Waals surface area contributed by atoms with Gasteiger partial charge in [-0.05, 0) is 36.2 Å². The summed E-state index contributed by atoms with van der Waals surface area (Å²) in [6.07, 6.45) is 0.812. The third kappa shape index (κ3) is 2.65. The fourth-order valence-corrected chi connectivity index (χ4v) is 4.05. The molecule has 0 N–H and O–H groups in total. The Bertz CT molecular complexity index is 756. The second-order valence-corrected chi connectivity index (χ2v) is 7.38. The van der Waals surface area contributed by atoms with Crippen LogP contribution < -0.4 is 4.90 Å². The lowest BCUT2D eigenvalue weighted by Crippen LogP contribution is -2.25. The van der Waals surface area contributed by atoms with Gasteiger partial charge in [0.25, 0.3) is 0 Å². The van der Waals surface area contributed by atoms with Crippen molar-refractivity contribution in [2.24, 2.45) is 0 Å². The first-order valence-electron chi connectivity index (χ1n) is 6.38. The Morgan fingerprint density at radius 1 is 1.33 bits per heavy atom. The standard InChI is InChI=1S/C15H11BrClNO2S/c1-8(19)18-5-4-9-6-11(16)10(7-12(9)18)15(20)13-2-3-14(17)21-13/h2-3,6-7H,4-5H2,1H3. The number of rotatable bonds is 2. The van der Waals surface area contributed by atoms with Gasteiger partial charge in [0.05, 0.1) is 9.21 Å². The van der Waals surface area contributed by atoms with E-state index in [9.17, 15) is 9.59 Å². The van der Waals surface area contributed by atoms with E-state index in [0.29, 0.717) is 21.3 Å². The molecule has 0 atom stereocenters. The Balaban J connectivity index is 2.06. The molecule has 1 amide bonds. The Kier molecular flexibility index (Phi) is 3.90. The fraction of sp³-hybridized carbons (Fsp3) is 0.200. The molecular weight excluding hydrogens is 374 g/mol. The largest absolute Gasteiger partial charge is 0.312 e. The maximum Gasteiger partial charge on any atom is 0.223 e. The van der Waals surface area contributed by atoms with E-state index in [2.05, 4.69) is 15.9 Å². The van der Waals surface area contributed by atoms with Gasteiger partial charge in [0.15, 0.2) is 0 Å². The number of benzene rings is 1. The van der Waals surface area contributed by atoms with Crippen LogP contribution in [0.4, 0.5) is 5.69 Å². The van der Waals surface area contributed by atoms with Gasteiger partial charge in [-0.15, -0.1) is 11.3 Å². The smallest absolute Gasteiger partial charge is 0.223 e. The number of carbonyl (C=O) groups excluding carboxylic acids is 2. The third-order valence-electron chi connectivity index (χ3n) is 3.49. The molecule has 0 fully saturated rings. The van der Waals surface area contributed by atoms with Crippen molar-refractivity contribution in [2.45, 2.75) is 13.3 Å². The molecular formula is C15H11BrClNO2S. The monoisotopic (exact) mass is 383 g/mol. The van der Waals surface area contributed by atoms with Crippen molar-refractivity contribution in [3.8, 4) is 0 Å². The summed E-state index contributed by atoms with van der Waals surface area (Å²) in [4.78, 5) is 26.5. The maximum atomic E-state index is 12.6. The molecule has 0 spiro atoms. The number of fused-ring (bicyclic) bond motifs is 1. The molecule has 1 aromatic carbocycles. The SMILES string of the molecule is CC(=O)N1CCc2cc(Br)c(C(=O)c3ccc(Cl)s3)cc21. The number of thiophene rings is 1. The molecule has 1 aliphatic rings. The summed E-state index contributed by atoms with van der Waals surface area (Å²) in [5.74, 6) is -0.0920. The van der Waals surface area contributed by atoms with Gasteiger partial charge in [0, 0.05) is 29.2 Å². The molecule has 2 heterocycles. The number of hydrogen-bond acceptors (Lipinski definition) is 3. The number of ketones is 1. The van der Waals surface area contributed by atoms with Gasteiger partial charge in [0.2, 0.25) is 11.7 Å². The zero-order chi connectivity index (χ0) is 15.1. The molecule has 6 heteroatoms.